The van der Waals surface area contributed by atoms with Crippen LogP contribution in [0.15, 0.2) is 150 Å². The van der Waals surface area contributed by atoms with Crippen LogP contribution in [0.4, 0.5) is 0 Å². The van der Waals surface area contributed by atoms with E-state index in [0.29, 0.717) is 0 Å². The van der Waals surface area contributed by atoms with E-state index in [0.717, 1.165) is 89.1 Å². The highest BCUT2D eigenvalue weighted by Gasteiger charge is 2.41. The molecule has 0 N–H and O–H groups in total. The molecule has 0 aliphatic carbocycles. The Hall–Kier alpha value is -6.20. The number of hydrogen-bond acceptors (Lipinski definition) is 3. The summed E-state index contributed by atoms with van der Waals surface area (Å²) in [5.74, 6) is 2.49. The maximum atomic E-state index is 6.95. The molecule has 0 amide bonds. The second kappa shape index (κ2) is 9.18. The van der Waals surface area contributed by atoms with Crippen LogP contribution in [-0.2, 0) is 0 Å². The summed E-state index contributed by atoms with van der Waals surface area (Å²) in [6.07, 6.45) is 0. The molecule has 47 heavy (non-hydrogen) atoms. The normalized spacial score (nSPS) is 13.0. The Morgan fingerprint density at radius 3 is 2.06 bits per heavy atom. The second-order valence-corrected chi connectivity index (χ2v) is 12.4. The van der Waals surface area contributed by atoms with Crippen molar-refractivity contribution in [3.63, 3.8) is 0 Å². The molecule has 5 heteroatoms. The molecule has 9 aromatic rings. The maximum Gasteiger partial charge on any atom is 0.434 e. The molecule has 7 aromatic carbocycles. The van der Waals surface area contributed by atoms with Crippen molar-refractivity contribution in [2.24, 2.45) is 0 Å². The molecule has 2 aliphatic rings. The minimum atomic E-state index is -0.290. The van der Waals surface area contributed by atoms with Crippen LogP contribution < -0.4 is 20.3 Å². The summed E-state index contributed by atoms with van der Waals surface area (Å²) < 4.78 is 22.4. The third-order valence-corrected chi connectivity index (χ3v) is 9.88. The maximum absolute atomic E-state index is 6.95. The third-order valence-electron chi connectivity index (χ3n) is 9.88. The van der Waals surface area contributed by atoms with Gasteiger partial charge in [-0.05, 0) is 47.5 Å². The Morgan fingerprint density at radius 1 is 0.489 bits per heavy atom. The number of hydrogen-bond donors (Lipinski definition) is 0. The minimum absolute atomic E-state index is 0.290. The van der Waals surface area contributed by atoms with E-state index in [9.17, 15) is 0 Å². The van der Waals surface area contributed by atoms with Gasteiger partial charge in [-0.15, -0.1) is 0 Å². The summed E-state index contributed by atoms with van der Waals surface area (Å²) >= 11 is 0. The smallest absolute Gasteiger partial charge is 0.434 e. The predicted octanol–water partition coefficient (Wildman–Crippen LogP) is 9.62. The number of fused-ring (bicyclic) bond motifs is 10. The highest BCUT2D eigenvalue weighted by molar-refractivity contribution is 6.84. The van der Waals surface area contributed by atoms with Gasteiger partial charge in [0.05, 0.1) is 16.7 Å². The highest BCUT2D eigenvalue weighted by atomic mass is 16.5. The van der Waals surface area contributed by atoms with Gasteiger partial charge in [-0.1, -0.05) is 103 Å². The first-order chi connectivity index (χ1) is 23.3. The zero-order valence-electron chi connectivity index (χ0n) is 25.1. The van der Waals surface area contributed by atoms with Crippen molar-refractivity contribution in [1.82, 2.24) is 4.57 Å². The van der Waals surface area contributed by atoms with Crippen molar-refractivity contribution in [3.8, 4) is 45.2 Å². The number of ether oxygens (including phenoxy) is 1. The summed E-state index contributed by atoms with van der Waals surface area (Å²) in [6.45, 7) is -0.290. The molecule has 4 heterocycles. The van der Waals surface area contributed by atoms with Gasteiger partial charge in [-0.25, -0.2) is 0 Å². The number of rotatable bonds is 2. The molecule has 11 rings (SSSR count). The van der Waals surface area contributed by atoms with Crippen LogP contribution in [0.3, 0.4) is 0 Å². The van der Waals surface area contributed by atoms with E-state index in [4.69, 9.17) is 13.8 Å². The molecule has 0 saturated carbocycles. The monoisotopic (exact) mass is 601 g/mol. The molecule has 0 atom stereocenters. The molecule has 2 aliphatic heterocycles. The molecule has 0 fully saturated rings. The van der Waals surface area contributed by atoms with Gasteiger partial charge in [0.15, 0.2) is 0 Å². The average Bonchev–Trinajstić information content (AvgIpc) is 3.67. The van der Waals surface area contributed by atoms with Gasteiger partial charge in [0, 0.05) is 49.7 Å². The van der Waals surface area contributed by atoms with E-state index in [1.54, 1.807) is 0 Å². The Morgan fingerprint density at radius 2 is 1.21 bits per heavy atom. The van der Waals surface area contributed by atoms with Crippen molar-refractivity contribution in [2.75, 3.05) is 0 Å². The minimum Gasteiger partial charge on any atom is -0.551 e. The summed E-state index contributed by atoms with van der Waals surface area (Å²) in [7, 11) is 0. The Balaban J connectivity index is 1.16. The standard InChI is InChI=1S/C42H24BNO3/c1-5-16-35-28(10-1)29-11-2-6-17-36(29)44(35)26-23-33-31-21-20-25(27-13-9-14-32-30-12-3-7-18-37(30)46-42(27)32)22-39(31)47-43-34-15-4-8-19-38(34)45-40(24-26)41(33)43/h1-24H. The number of nitrogens with zero attached hydrogens (tertiary/aromatic N) is 1. The van der Waals surface area contributed by atoms with Gasteiger partial charge in [0.2, 0.25) is 0 Å². The first kappa shape index (κ1) is 25.0. The van der Waals surface area contributed by atoms with Gasteiger partial charge < -0.3 is 18.4 Å². The largest absolute Gasteiger partial charge is 0.551 e. The van der Waals surface area contributed by atoms with Crippen LogP contribution in [0.2, 0.25) is 0 Å². The van der Waals surface area contributed by atoms with Crippen molar-refractivity contribution in [1.29, 1.82) is 0 Å². The fourth-order valence-electron chi connectivity index (χ4n) is 7.82. The van der Waals surface area contributed by atoms with Crippen LogP contribution in [0, 0.1) is 0 Å². The molecule has 0 bridgehead atoms. The van der Waals surface area contributed by atoms with Crippen molar-refractivity contribution in [2.45, 2.75) is 0 Å². The summed E-state index contributed by atoms with van der Waals surface area (Å²) in [4.78, 5) is 0. The third kappa shape index (κ3) is 3.43. The molecular formula is C42H24BNO3. The molecule has 0 saturated heterocycles. The molecule has 0 radical (unpaired) electrons. The SMILES string of the molecule is c1ccc2c(c1)Oc1cc(-n3c4ccccc4c4ccccc43)cc3c1B2Oc1cc(-c2cccc4c2oc2ccccc24)ccc1-3. The highest BCUT2D eigenvalue weighted by Crippen LogP contribution is 2.44. The zero-order chi connectivity index (χ0) is 30.6. The predicted molar refractivity (Wildman–Crippen MR) is 191 cm³/mol. The van der Waals surface area contributed by atoms with E-state index in [2.05, 4.69) is 126 Å². The van der Waals surface area contributed by atoms with Gasteiger partial charge in [0.25, 0.3) is 0 Å². The molecular weight excluding hydrogens is 577 g/mol. The van der Waals surface area contributed by atoms with Gasteiger partial charge in [-0.3, -0.25) is 0 Å². The second-order valence-electron chi connectivity index (χ2n) is 12.4. The van der Waals surface area contributed by atoms with Gasteiger partial charge >= 0.3 is 6.92 Å². The number of para-hydroxylation sites is 5. The first-order valence-electron chi connectivity index (χ1n) is 16.0. The molecule has 0 spiro atoms. The van der Waals surface area contributed by atoms with Crippen LogP contribution in [-0.4, -0.2) is 11.5 Å². The van der Waals surface area contributed by atoms with E-state index in [1.807, 2.05) is 24.3 Å². The molecule has 2 aromatic heterocycles. The Bertz CT molecular complexity index is 2720. The Labute approximate surface area is 270 Å². The lowest BCUT2D eigenvalue weighted by Gasteiger charge is -2.33. The quantitative estimate of drug-likeness (QED) is 0.185. The van der Waals surface area contributed by atoms with Crippen LogP contribution in [0.1, 0.15) is 0 Å². The Kier molecular flexibility index (Phi) is 4.89. The van der Waals surface area contributed by atoms with E-state index in [1.165, 1.54) is 10.8 Å². The topological polar surface area (TPSA) is 36.5 Å². The molecule has 4 nitrogen and oxygen atoms in total. The summed E-state index contributed by atoms with van der Waals surface area (Å²) in [6, 6.07) is 51.0. The van der Waals surface area contributed by atoms with E-state index >= 15 is 0 Å². The lowest BCUT2D eigenvalue weighted by atomic mass is 9.51. The van der Waals surface area contributed by atoms with Crippen molar-refractivity contribution < 1.29 is 13.8 Å². The fourth-order valence-corrected chi connectivity index (χ4v) is 7.82. The van der Waals surface area contributed by atoms with Crippen molar-refractivity contribution in [3.05, 3.63) is 146 Å². The van der Waals surface area contributed by atoms with Crippen LogP contribution >= 0.6 is 0 Å². The average molecular weight is 601 g/mol. The number of aromatic nitrogens is 1. The first-order valence-corrected chi connectivity index (χ1v) is 16.0. The van der Waals surface area contributed by atoms with Gasteiger partial charge in [0.1, 0.15) is 28.4 Å². The van der Waals surface area contributed by atoms with E-state index < -0.39 is 0 Å². The van der Waals surface area contributed by atoms with E-state index in [-0.39, 0.29) is 6.92 Å². The number of furan rings is 1. The molecule has 218 valence electrons. The fraction of sp³-hybridized carbons (Fsp3) is 0. The lowest BCUT2D eigenvalue weighted by molar-refractivity contribution is 0.479. The summed E-state index contributed by atoms with van der Waals surface area (Å²) in [5.41, 5.74) is 11.5. The summed E-state index contributed by atoms with van der Waals surface area (Å²) in [5, 5.41) is 4.69. The van der Waals surface area contributed by atoms with Crippen molar-refractivity contribution >= 4 is 61.6 Å². The molecule has 0 unspecified atom stereocenters. The van der Waals surface area contributed by atoms with Crippen LogP contribution in [0.25, 0.3) is 71.7 Å². The van der Waals surface area contributed by atoms with Gasteiger partial charge in [-0.2, -0.15) is 0 Å². The zero-order valence-corrected chi connectivity index (χ0v) is 25.1. The lowest BCUT2D eigenvalue weighted by Crippen LogP contribution is -2.53. The number of benzene rings is 7. The van der Waals surface area contributed by atoms with Crippen LogP contribution in [0.5, 0.6) is 17.2 Å².